The molecule has 0 bridgehead atoms. The highest BCUT2D eigenvalue weighted by molar-refractivity contribution is 5.74. The van der Waals surface area contributed by atoms with Crippen LogP contribution in [0.4, 0.5) is 0 Å². The van der Waals surface area contributed by atoms with E-state index in [4.69, 9.17) is 9.47 Å². The molecule has 0 aromatic carbocycles. The SMILES string of the molecule is CCOC(=O)C(C)CCC(=O)OC(C)(C)C. The van der Waals surface area contributed by atoms with E-state index in [0.717, 1.165) is 0 Å². The first kappa shape index (κ1) is 14.9. The molecule has 0 fully saturated rings. The molecule has 0 aliphatic heterocycles. The molecule has 0 radical (unpaired) electrons. The van der Waals surface area contributed by atoms with E-state index >= 15 is 0 Å². The van der Waals surface area contributed by atoms with Gasteiger partial charge in [0.15, 0.2) is 0 Å². The van der Waals surface area contributed by atoms with Crippen LogP contribution in [0, 0.1) is 5.92 Å². The third-order valence-electron chi connectivity index (χ3n) is 1.89. The average molecular weight is 230 g/mol. The third kappa shape index (κ3) is 7.26. The molecule has 4 nitrogen and oxygen atoms in total. The minimum atomic E-state index is -0.468. The van der Waals surface area contributed by atoms with Gasteiger partial charge < -0.3 is 9.47 Å². The van der Waals surface area contributed by atoms with Crippen LogP contribution < -0.4 is 0 Å². The Balaban J connectivity index is 3.88. The molecule has 1 unspecified atom stereocenters. The van der Waals surface area contributed by atoms with E-state index in [0.29, 0.717) is 13.0 Å². The van der Waals surface area contributed by atoms with Crippen molar-refractivity contribution in [2.75, 3.05) is 6.61 Å². The maximum absolute atomic E-state index is 11.4. The van der Waals surface area contributed by atoms with E-state index in [9.17, 15) is 9.59 Å². The summed E-state index contributed by atoms with van der Waals surface area (Å²) >= 11 is 0. The summed E-state index contributed by atoms with van der Waals surface area (Å²) in [6, 6.07) is 0. The summed E-state index contributed by atoms with van der Waals surface area (Å²) in [6.45, 7) is 9.34. The number of carbonyl (C=O) groups excluding carboxylic acids is 2. The third-order valence-corrected chi connectivity index (χ3v) is 1.89. The van der Waals surface area contributed by atoms with E-state index in [1.165, 1.54) is 0 Å². The van der Waals surface area contributed by atoms with Gasteiger partial charge in [0.1, 0.15) is 5.60 Å². The van der Waals surface area contributed by atoms with Crippen LogP contribution >= 0.6 is 0 Å². The zero-order valence-corrected chi connectivity index (χ0v) is 10.8. The predicted molar refractivity (Wildman–Crippen MR) is 60.9 cm³/mol. The molecule has 0 heterocycles. The summed E-state index contributed by atoms with van der Waals surface area (Å²) in [4.78, 5) is 22.6. The highest BCUT2D eigenvalue weighted by atomic mass is 16.6. The zero-order chi connectivity index (χ0) is 12.8. The van der Waals surface area contributed by atoms with Gasteiger partial charge in [-0.05, 0) is 34.1 Å². The fraction of sp³-hybridized carbons (Fsp3) is 0.833. The molecular weight excluding hydrogens is 208 g/mol. The molecule has 4 heteroatoms. The van der Waals surface area contributed by atoms with E-state index in [1.54, 1.807) is 13.8 Å². The molecule has 0 aromatic rings. The van der Waals surface area contributed by atoms with Crippen LogP contribution in [0.2, 0.25) is 0 Å². The predicted octanol–water partition coefficient (Wildman–Crippen LogP) is 2.31. The number of carbonyl (C=O) groups is 2. The van der Waals surface area contributed by atoms with Crippen molar-refractivity contribution in [3.8, 4) is 0 Å². The topological polar surface area (TPSA) is 52.6 Å². The van der Waals surface area contributed by atoms with Crippen LogP contribution in [-0.4, -0.2) is 24.1 Å². The van der Waals surface area contributed by atoms with Crippen molar-refractivity contribution < 1.29 is 19.1 Å². The molecule has 1 atom stereocenters. The van der Waals surface area contributed by atoms with Crippen molar-refractivity contribution in [2.45, 2.75) is 53.1 Å². The Bertz CT molecular complexity index is 240. The lowest BCUT2D eigenvalue weighted by molar-refractivity contribution is -0.155. The average Bonchev–Trinajstić information content (AvgIpc) is 2.11. The Morgan fingerprint density at radius 1 is 1.25 bits per heavy atom. The number of hydrogen-bond donors (Lipinski definition) is 0. The second-order valence-corrected chi connectivity index (χ2v) is 4.78. The lowest BCUT2D eigenvalue weighted by atomic mass is 10.1. The summed E-state index contributed by atoms with van der Waals surface area (Å²) in [5.41, 5.74) is -0.468. The van der Waals surface area contributed by atoms with Crippen molar-refractivity contribution in [1.82, 2.24) is 0 Å². The second-order valence-electron chi connectivity index (χ2n) is 4.78. The highest BCUT2D eigenvalue weighted by Crippen LogP contribution is 2.13. The van der Waals surface area contributed by atoms with Crippen LogP contribution in [0.5, 0.6) is 0 Å². The van der Waals surface area contributed by atoms with Crippen molar-refractivity contribution in [1.29, 1.82) is 0 Å². The highest BCUT2D eigenvalue weighted by Gasteiger charge is 2.19. The second kappa shape index (κ2) is 6.51. The van der Waals surface area contributed by atoms with Gasteiger partial charge in [0.25, 0.3) is 0 Å². The first-order valence-electron chi connectivity index (χ1n) is 5.64. The van der Waals surface area contributed by atoms with E-state index in [2.05, 4.69) is 0 Å². The van der Waals surface area contributed by atoms with Crippen molar-refractivity contribution >= 4 is 11.9 Å². The zero-order valence-electron chi connectivity index (χ0n) is 10.8. The molecular formula is C12H22O4. The van der Waals surface area contributed by atoms with Gasteiger partial charge >= 0.3 is 11.9 Å². The monoisotopic (exact) mass is 230 g/mol. The molecule has 0 aliphatic carbocycles. The van der Waals surface area contributed by atoms with Crippen LogP contribution in [0.1, 0.15) is 47.5 Å². The first-order chi connectivity index (χ1) is 7.26. The number of hydrogen-bond acceptors (Lipinski definition) is 4. The van der Waals surface area contributed by atoms with E-state index in [-0.39, 0.29) is 24.3 Å². The Labute approximate surface area is 97.3 Å². The number of esters is 2. The molecule has 0 amide bonds. The van der Waals surface area contributed by atoms with Crippen molar-refractivity contribution in [3.05, 3.63) is 0 Å². The van der Waals surface area contributed by atoms with Gasteiger partial charge in [-0.25, -0.2) is 0 Å². The van der Waals surface area contributed by atoms with Crippen LogP contribution in [0.15, 0.2) is 0 Å². The fourth-order valence-electron chi connectivity index (χ4n) is 1.13. The lowest BCUT2D eigenvalue weighted by Gasteiger charge is -2.19. The van der Waals surface area contributed by atoms with Gasteiger partial charge in [0.2, 0.25) is 0 Å². The Morgan fingerprint density at radius 3 is 2.25 bits per heavy atom. The molecule has 0 aliphatic rings. The standard InChI is InChI=1S/C12H22O4/c1-6-15-11(14)9(2)7-8-10(13)16-12(3,4)5/h9H,6-8H2,1-5H3. The summed E-state index contributed by atoms with van der Waals surface area (Å²) in [5.74, 6) is -0.790. The van der Waals surface area contributed by atoms with Gasteiger partial charge in [-0.2, -0.15) is 0 Å². The maximum Gasteiger partial charge on any atom is 0.308 e. The maximum atomic E-state index is 11.4. The molecule has 94 valence electrons. The van der Waals surface area contributed by atoms with Crippen molar-refractivity contribution in [2.24, 2.45) is 5.92 Å². The Morgan fingerprint density at radius 2 is 1.81 bits per heavy atom. The number of rotatable bonds is 5. The van der Waals surface area contributed by atoms with E-state index < -0.39 is 5.60 Å². The summed E-state index contributed by atoms with van der Waals surface area (Å²) in [5, 5.41) is 0. The summed E-state index contributed by atoms with van der Waals surface area (Å²) in [6.07, 6.45) is 0.713. The quantitative estimate of drug-likeness (QED) is 0.680. The van der Waals surface area contributed by atoms with Gasteiger partial charge in [0, 0.05) is 6.42 Å². The smallest absolute Gasteiger partial charge is 0.308 e. The molecule has 0 aromatic heterocycles. The fourth-order valence-corrected chi connectivity index (χ4v) is 1.13. The lowest BCUT2D eigenvalue weighted by Crippen LogP contribution is -2.24. The van der Waals surface area contributed by atoms with Crippen molar-refractivity contribution in [3.63, 3.8) is 0 Å². The number of ether oxygens (including phenoxy) is 2. The van der Waals surface area contributed by atoms with Gasteiger partial charge in [-0.15, -0.1) is 0 Å². The molecule has 0 spiro atoms. The van der Waals surface area contributed by atoms with Crippen LogP contribution in [0.3, 0.4) is 0 Å². The molecule has 0 N–H and O–H groups in total. The van der Waals surface area contributed by atoms with E-state index in [1.807, 2.05) is 20.8 Å². The minimum Gasteiger partial charge on any atom is -0.466 e. The largest absolute Gasteiger partial charge is 0.466 e. The molecule has 0 rings (SSSR count). The molecule has 16 heavy (non-hydrogen) atoms. The van der Waals surface area contributed by atoms with Crippen LogP contribution in [0.25, 0.3) is 0 Å². The van der Waals surface area contributed by atoms with Crippen LogP contribution in [-0.2, 0) is 19.1 Å². The Kier molecular flexibility index (Phi) is 6.08. The minimum absolute atomic E-state index is 0.247. The van der Waals surface area contributed by atoms with Gasteiger partial charge in [-0.1, -0.05) is 6.92 Å². The summed E-state index contributed by atoms with van der Waals surface area (Å²) < 4.78 is 9.98. The summed E-state index contributed by atoms with van der Waals surface area (Å²) in [7, 11) is 0. The van der Waals surface area contributed by atoms with Gasteiger partial charge in [0.05, 0.1) is 12.5 Å². The molecule has 0 saturated carbocycles. The molecule has 0 saturated heterocycles. The Hall–Kier alpha value is -1.06. The first-order valence-corrected chi connectivity index (χ1v) is 5.64. The van der Waals surface area contributed by atoms with Gasteiger partial charge in [-0.3, -0.25) is 9.59 Å². The normalized spacial score (nSPS) is 13.1.